The quantitative estimate of drug-likeness (QED) is 0.483. The number of carboxylic acid groups (broad SMARTS) is 1. The van der Waals surface area contributed by atoms with Crippen LogP contribution in [0.4, 0.5) is 0 Å². The van der Waals surface area contributed by atoms with E-state index in [-0.39, 0.29) is 0 Å². The summed E-state index contributed by atoms with van der Waals surface area (Å²) in [4.78, 5) is 25.1. The molecule has 0 heterocycles. The van der Waals surface area contributed by atoms with Gasteiger partial charge in [-0.05, 0) is 49.4 Å². The van der Waals surface area contributed by atoms with Crippen LogP contribution in [0.2, 0.25) is 0 Å². The molecule has 0 radical (unpaired) electrons. The van der Waals surface area contributed by atoms with E-state index in [0.29, 0.717) is 6.92 Å². The van der Waals surface area contributed by atoms with Crippen molar-refractivity contribution in [3.63, 3.8) is 0 Å². The van der Waals surface area contributed by atoms with Crippen LogP contribution in [0.5, 0.6) is 0 Å². The summed E-state index contributed by atoms with van der Waals surface area (Å²) in [6.07, 6.45) is -41.6. The highest BCUT2D eigenvalue weighted by Gasteiger charge is 2.46. The molecule has 2 aromatic rings. The van der Waals surface area contributed by atoms with Crippen LogP contribution in [-0.2, 0) is 20.8 Å². The number of aliphatic hydroxyl groups is 2. The average molecular weight is 499 g/mol. The van der Waals surface area contributed by atoms with Gasteiger partial charge in [0.15, 0.2) is 17.0 Å². The summed E-state index contributed by atoms with van der Waals surface area (Å²) >= 11 is 0. The van der Waals surface area contributed by atoms with Gasteiger partial charge < -0.3 is 15.3 Å². The summed E-state index contributed by atoms with van der Waals surface area (Å²) in [7, 11) is 0. The summed E-state index contributed by atoms with van der Waals surface area (Å²) in [5, 5.41) is 32.6. The lowest BCUT2D eigenvalue weighted by molar-refractivity contribution is -0.168. The Morgan fingerprint density at radius 3 is 1.47 bits per heavy atom. The van der Waals surface area contributed by atoms with Gasteiger partial charge in [0.05, 0.1) is 13.7 Å². The molecular weight excluding hydrogens is 428 g/mol. The van der Waals surface area contributed by atoms with Gasteiger partial charge in [0.25, 0.3) is 0 Å². The zero-order valence-electron chi connectivity index (χ0n) is 49.2. The number of Topliss-reactive ketones (excluding diaryl/α,β-unsaturated/α-hetero) is 1. The van der Waals surface area contributed by atoms with E-state index in [9.17, 15) is 24.9 Å². The number of ketones is 1. The van der Waals surface area contributed by atoms with Crippen molar-refractivity contribution in [2.45, 2.75) is 81.9 Å². The zero-order valence-corrected chi connectivity index (χ0v) is 17.2. The summed E-state index contributed by atoms with van der Waals surface area (Å²) in [6, 6.07) is -12.5. The van der Waals surface area contributed by atoms with Crippen LogP contribution in [0.15, 0.2) is 60.4 Å². The lowest BCUT2D eigenvalue weighted by Crippen LogP contribution is -2.43. The standard InChI is InChI=1S/C15H20O2.C14H18O3/c1-12(16)15(17,13-8-4-2-5-9-13)14-10-6-3-7-11-14;15-13(16)14(17,11-7-3-1-4-8-11)12-9-5-2-6-10-12/h2,4-5,8-9,14,17H,3,6-7,10-11H2,1H3;1,3-4,7-8,12,17H,2,5-6,9-10H2,(H,15,16)/t15-;14-/m00/s1/i2D,3D2,4D,5D,6D2,7D2,8D,9D,10D2,11D2,14D;1D,2D2,3D,4D,5D2,6D2,7D,8D,9D2,10D2,12D. The molecule has 2 fully saturated rings. The van der Waals surface area contributed by atoms with Gasteiger partial charge in [0.1, 0.15) is 0 Å². The van der Waals surface area contributed by atoms with Gasteiger partial charge in [-0.2, -0.15) is 0 Å². The fraction of sp³-hybridized carbons (Fsp3) is 0.517. The lowest BCUT2D eigenvalue weighted by Gasteiger charge is -2.37. The van der Waals surface area contributed by atoms with Crippen molar-refractivity contribution in [1.82, 2.24) is 0 Å². The molecule has 184 valence electrons. The van der Waals surface area contributed by atoms with Crippen LogP contribution in [0.1, 0.15) is 126 Å². The van der Waals surface area contributed by atoms with E-state index in [1.54, 1.807) is 0 Å². The number of hydrogen-bond donors (Lipinski definition) is 3. The highest BCUT2D eigenvalue weighted by molar-refractivity contribution is 5.86. The van der Waals surface area contributed by atoms with E-state index >= 15 is 0 Å². The van der Waals surface area contributed by atoms with Gasteiger partial charge >= 0.3 is 5.97 Å². The van der Waals surface area contributed by atoms with E-state index in [1.165, 1.54) is 0 Å². The molecule has 2 aliphatic carbocycles. The summed E-state index contributed by atoms with van der Waals surface area (Å²) < 4.78 is 256. The third-order valence-electron chi connectivity index (χ3n) is 4.27. The van der Waals surface area contributed by atoms with E-state index in [2.05, 4.69) is 0 Å². The monoisotopic (exact) mass is 498 g/mol. The first-order valence-corrected chi connectivity index (χ1v) is 9.08. The van der Waals surface area contributed by atoms with Crippen molar-refractivity contribution >= 4 is 11.8 Å². The molecule has 34 heavy (non-hydrogen) atoms. The Bertz CT molecular complexity index is 2110. The molecule has 0 saturated heterocycles. The summed E-state index contributed by atoms with van der Waals surface area (Å²) in [6.45, 7) is 0.470. The number of benzene rings is 2. The molecular formula is C29H38O5. The molecule has 5 nitrogen and oxygen atoms in total. The SMILES string of the molecule is [2H]c1c([2H])c([2H])c([C@@](O)(C(=O)O)C2([2H])C([2H])([2H])C([2H])([2H])C([2H])([2H])C([2H])([2H])C2([2H])[2H])c([2H])c1[2H].[2H]c1c([2H])c([2H])c([C@@](O)(C(C)=O)C2([2H])C([2H])([2H])C([2H])([2H])C([2H])([2H])C([2H])([2H])C2([2H])[2H])c([2H])c1[2H]. The molecule has 0 spiro atoms. The van der Waals surface area contributed by atoms with Gasteiger partial charge in [-0.1, -0.05) is 98.7 Å². The van der Waals surface area contributed by atoms with Crippen LogP contribution in [-0.4, -0.2) is 27.1 Å². The highest BCUT2D eigenvalue weighted by atomic mass is 16.4. The second-order valence-corrected chi connectivity index (χ2v) is 6.28. The first-order valence-electron chi connectivity index (χ1n) is 25.1. The van der Waals surface area contributed by atoms with Crippen LogP contribution >= 0.6 is 0 Å². The van der Waals surface area contributed by atoms with Gasteiger partial charge in [-0.3, -0.25) is 4.79 Å². The van der Waals surface area contributed by atoms with E-state index in [1.807, 2.05) is 0 Å². The van der Waals surface area contributed by atoms with Gasteiger partial charge in [0.2, 0.25) is 0 Å². The molecule has 3 N–H and O–H groups in total. The Balaban J connectivity index is 0.000000350. The molecule has 5 heteroatoms. The number of carbonyl (C=O) groups excluding carboxylic acids is 1. The third kappa shape index (κ3) is 5.59. The van der Waals surface area contributed by atoms with Gasteiger partial charge in [-0.25, -0.2) is 4.79 Å². The molecule has 0 bridgehead atoms. The first-order chi connectivity index (χ1) is 28.7. The van der Waals surface area contributed by atoms with Crippen LogP contribution in [0.25, 0.3) is 0 Å². The topological polar surface area (TPSA) is 94.8 Å². The Hall–Kier alpha value is -2.50. The highest BCUT2D eigenvalue weighted by Crippen LogP contribution is 2.40. The largest absolute Gasteiger partial charge is 0.479 e. The fourth-order valence-corrected chi connectivity index (χ4v) is 2.54. The first kappa shape index (κ1) is 6.83. The van der Waals surface area contributed by atoms with E-state index in [4.69, 9.17) is 43.9 Å². The van der Waals surface area contributed by atoms with E-state index in [0.717, 1.165) is 0 Å². The molecule has 2 atom stereocenters. The number of aliphatic carboxylic acids is 1. The van der Waals surface area contributed by atoms with Crippen LogP contribution in [0.3, 0.4) is 0 Å². The minimum absolute atomic E-state index is 0.470. The molecule has 2 aliphatic rings. The molecule has 0 aliphatic heterocycles. The van der Waals surface area contributed by atoms with Crippen molar-refractivity contribution < 1.29 is 68.8 Å². The summed E-state index contributed by atoms with van der Waals surface area (Å²) in [5.74, 6) is -13.4. The predicted molar refractivity (Wildman–Crippen MR) is 132 cm³/mol. The number of hydrogen-bond acceptors (Lipinski definition) is 4. The molecule has 2 saturated carbocycles. The van der Waals surface area contributed by atoms with E-state index < -0.39 is 170 Å². The normalized spacial score (nSPS) is 51.1. The van der Waals surface area contributed by atoms with Gasteiger partial charge in [-0.15, -0.1) is 0 Å². The Labute approximate surface area is 247 Å². The van der Waals surface area contributed by atoms with Crippen molar-refractivity contribution in [3.8, 4) is 0 Å². The second kappa shape index (κ2) is 11.8. The Morgan fingerprint density at radius 1 is 0.765 bits per heavy atom. The predicted octanol–water partition coefficient (Wildman–Crippen LogP) is 5.58. The zero-order chi connectivity index (χ0) is 53.1. The van der Waals surface area contributed by atoms with Crippen LogP contribution < -0.4 is 0 Å². The molecule has 0 unspecified atom stereocenters. The maximum atomic E-state index is 12.8. The molecule has 0 aromatic heterocycles. The smallest absolute Gasteiger partial charge is 0.340 e. The number of carbonyl (C=O) groups is 2. The maximum absolute atomic E-state index is 12.8. The average Bonchev–Trinajstić information content (AvgIpc) is 3.18. The van der Waals surface area contributed by atoms with Crippen molar-refractivity contribution in [2.24, 2.45) is 11.8 Å². The Kier molecular flexibility index (Phi) is 2.36. The van der Waals surface area contributed by atoms with Crippen molar-refractivity contribution in [1.29, 1.82) is 0 Å². The number of rotatable bonds is 6. The molecule has 2 aromatic carbocycles. The summed E-state index contributed by atoms with van der Waals surface area (Å²) in [5.41, 5.74) is -11.7. The third-order valence-corrected chi connectivity index (χ3v) is 4.27. The van der Waals surface area contributed by atoms with Crippen LogP contribution in [0, 0.1) is 11.8 Å². The van der Waals surface area contributed by atoms with Crippen molar-refractivity contribution in [3.05, 3.63) is 71.6 Å². The van der Waals surface area contributed by atoms with Gasteiger partial charge in [0, 0.05) is 36.1 Å². The molecule has 0 amide bonds. The second-order valence-electron chi connectivity index (χ2n) is 6.28. The minimum atomic E-state index is -4.55. The maximum Gasteiger partial charge on any atom is 0.340 e. The molecule has 4 rings (SSSR count). The Morgan fingerprint density at radius 2 is 1.12 bits per heavy atom. The lowest BCUT2D eigenvalue weighted by atomic mass is 9.71. The number of carboxylic acids is 1. The minimum Gasteiger partial charge on any atom is -0.479 e. The fourth-order valence-electron chi connectivity index (χ4n) is 2.54. The van der Waals surface area contributed by atoms with Crippen molar-refractivity contribution in [2.75, 3.05) is 0 Å².